The van der Waals surface area contributed by atoms with Gasteiger partial charge in [-0.3, -0.25) is 19.8 Å². The van der Waals surface area contributed by atoms with Crippen molar-refractivity contribution in [3.8, 4) is 0 Å². The molecule has 0 atom stereocenters. The smallest absolute Gasteiger partial charge is 0.269 e. The minimum atomic E-state index is -0.459. The molecule has 4 aromatic rings. The number of aromatic nitrogens is 3. The van der Waals surface area contributed by atoms with Gasteiger partial charge in [-0.05, 0) is 42.3 Å². The number of amides is 1. The molecule has 8 nitrogen and oxygen atoms in total. The lowest BCUT2D eigenvalue weighted by molar-refractivity contribution is -0.384. The number of hydrogen-bond acceptors (Lipinski definition) is 6. The summed E-state index contributed by atoms with van der Waals surface area (Å²) in [5, 5.41) is 11.9. The van der Waals surface area contributed by atoms with Gasteiger partial charge in [0.2, 0.25) is 0 Å². The number of anilines is 1. The largest absolute Gasteiger partial charge is 0.337 e. The van der Waals surface area contributed by atoms with Gasteiger partial charge in [0.1, 0.15) is 5.52 Å². The van der Waals surface area contributed by atoms with Gasteiger partial charge in [0.05, 0.1) is 21.0 Å². The number of nitrogens with zero attached hydrogens (tertiary/aromatic N) is 5. The van der Waals surface area contributed by atoms with Crippen LogP contribution in [0.3, 0.4) is 0 Å². The molecule has 0 aliphatic rings. The second kappa shape index (κ2) is 11.0. The summed E-state index contributed by atoms with van der Waals surface area (Å²) in [5.41, 5.74) is 1.36. The van der Waals surface area contributed by atoms with E-state index in [4.69, 9.17) is 11.6 Å². The van der Waals surface area contributed by atoms with Crippen LogP contribution in [0.5, 0.6) is 0 Å². The van der Waals surface area contributed by atoms with Gasteiger partial charge in [0, 0.05) is 43.7 Å². The quantitative estimate of drug-likeness (QED) is 0.177. The van der Waals surface area contributed by atoms with Crippen LogP contribution >= 0.6 is 35.3 Å². The van der Waals surface area contributed by atoms with Gasteiger partial charge in [-0.25, -0.2) is 9.97 Å². The van der Waals surface area contributed by atoms with E-state index in [1.54, 1.807) is 41.7 Å². The van der Waals surface area contributed by atoms with E-state index >= 15 is 0 Å². The molecule has 0 N–H and O–H groups in total. The summed E-state index contributed by atoms with van der Waals surface area (Å²) in [6, 6.07) is 11.6. The van der Waals surface area contributed by atoms with E-state index in [-0.39, 0.29) is 24.0 Å². The fourth-order valence-corrected chi connectivity index (χ4v) is 4.41. The van der Waals surface area contributed by atoms with Crippen LogP contribution in [0.1, 0.15) is 12.0 Å². The topological polar surface area (TPSA) is 94.2 Å². The van der Waals surface area contributed by atoms with E-state index in [0.717, 1.165) is 4.70 Å². The Kier molecular flexibility index (Phi) is 8.16. The van der Waals surface area contributed by atoms with Crippen LogP contribution in [0.25, 0.3) is 16.3 Å². The molecule has 0 aliphatic heterocycles. The van der Waals surface area contributed by atoms with Gasteiger partial charge in [-0.15, -0.1) is 12.4 Å². The Bertz CT molecular complexity index is 1270. The van der Waals surface area contributed by atoms with Crippen molar-refractivity contribution < 1.29 is 9.72 Å². The Balaban J connectivity index is 0.00000306. The fraction of sp³-hybridized carbons (Fsp3) is 0.136. The van der Waals surface area contributed by atoms with Crippen molar-refractivity contribution in [1.29, 1.82) is 0 Å². The number of thiazole rings is 1. The zero-order valence-electron chi connectivity index (χ0n) is 17.2. The highest BCUT2D eigenvalue weighted by molar-refractivity contribution is 7.22. The predicted molar refractivity (Wildman–Crippen MR) is 133 cm³/mol. The van der Waals surface area contributed by atoms with Gasteiger partial charge in [-0.2, -0.15) is 0 Å². The van der Waals surface area contributed by atoms with Crippen molar-refractivity contribution in [1.82, 2.24) is 14.5 Å². The summed E-state index contributed by atoms with van der Waals surface area (Å²) in [6.45, 7) is 1.17. The van der Waals surface area contributed by atoms with E-state index in [9.17, 15) is 14.9 Å². The molecule has 1 amide bonds. The maximum Gasteiger partial charge on any atom is 0.269 e. The standard InChI is InChI=1S/C22H18ClN5O3S.ClH/c23-18-3-1-4-19-21(18)25-22(32-19)27(13-2-12-26-14-11-24-15-26)20(29)10-7-16-5-8-17(9-6-16)28(30)31;/h1,3-11,14-15H,2,12-13H2;1H/b10-7+;. The van der Waals surface area contributed by atoms with Gasteiger partial charge in [0.25, 0.3) is 11.6 Å². The third-order valence-electron chi connectivity index (χ3n) is 4.73. The van der Waals surface area contributed by atoms with Crippen molar-refractivity contribution in [3.63, 3.8) is 0 Å². The summed E-state index contributed by atoms with van der Waals surface area (Å²) in [4.78, 5) is 33.7. The molecule has 0 fully saturated rings. The number of para-hydroxylation sites is 1. The molecule has 2 aromatic carbocycles. The van der Waals surface area contributed by atoms with Crippen molar-refractivity contribution in [2.75, 3.05) is 11.4 Å². The molecule has 2 heterocycles. The molecule has 0 saturated carbocycles. The number of fused-ring (bicyclic) bond motifs is 1. The predicted octanol–water partition coefficient (Wildman–Crippen LogP) is 5.61. The first kappa shape index (κ1) is 24.4. The lowest BCUT2D eigenvalue weighted by Gasteiger charge is -2.18. The minimum absolute atomic E-state index is 0. The number of non-ortho nitro benzene ring substituents is 1. The van der Waals surface area contributed by atoms with Crippen molar-refractivity contribution in [2.45, 2.75) is 13.0 Å². The molecule has 0 saturated heterocycles. The van der Waals surface area contributed by atoms with Crippen LogP contribution in [-0.4, -0.2) is 31.9 Å². The minimum Gasteiger partial charge on any atom is -0.337 e. The second-order valence-electron chi connectivity index (χ2n) is 6.91. The van der Waals surface area contributed by atoms with Crippen LogP contribution in [-0.2, 0) is 11.3 Å². The van der Waals surface area contributed by atoms with E-state index in [0.29, 0.717) is 40.7 Å². The third-order valence-corrected chi connectivity index (χ3v) is 6.08. The Labute approximate surface area is 204 Å². The second-order valence-corrected chi connectivity index (χ2v) is 8.33. The third kappa shape index (κ3) is 5.95. The summed E-state index contributed by atoms with van der Waals surface area (Å²) in [5.74, 6) is -0.232. The molecule has 170 valence electrons. The number of rotatable bonds is 8. The van der Waals surface area contributed by atoms with Crippen LogP contribution in [0.4, 0.5) is 10.8 Å². The highest BCUT2D eigenvalue weighted by Gasteiger charge is 2.18. The molecule has 2 aromatic heterocycles. The summed E-state index contributed by atoms with van der Waals surface area (Å²) < 4.78 is 2.85. The molecule has 0 radical (unpaired) electrons. The Morgan fingerprint density at radius 1 is 1.24 bits per heavy atom. The van der Waals surface area contributed by atoms with Gasteiger partial charge >= 0.3 is 0 Å². The Morgan fingerprint density at radius 3 is 2.70 bits per heavy atom. The van der Waals surface area contributed by atoms with Gasteiger partial charge < -0.3 is 4.57 Å². The summed E-state index contributed by atoms with van der Waals surface area (Å²) >= 11 is 7.68. The molecule has 33 heavy (non-hydrogen) atoms. The lowest BCUT2D eigenvalue weighted by Crippen LogP contribution is -2.30. The molecule has 4 rings (SSSR count). The number of nitro benzene ring substituents is 1. The highest BCUT2D eigenvalue weighted by Crippen LogP contribution is 2.33. The van der Waals surface area contributed by atoms with Crippen molar-refractivity contribution in [2.24, 2.45) is 0 Å². The molecule has 0 bridgehead atoms. The average Bonchev–Trinajstić information content (AvgIpc) is 3.46. The van der Waals surface area contributed by atoms with E-state index < -0.39 is 4.92 Å². The van der Waals surface area contributed by atoms with E-state index in [2.05, 4.69) is 9.97 Å². The zero-order valence-corrected chi connectivity index (χ0v) is 19.6. The molecular formula is C22H19Cl2N5O3S. The van der Waals surface area contributed by atoms with Crippen molar-refractivity contribution >= 4 is 68.4 Å². The summed E-state index contributed by atoms with van der Waals surface area (Å²) in [7, 11) is 0. The van der Waals surface area contributed by atoms with E-state index in [1.165, 1.54) is 29.5 Å². The SMILES string of the molecule is Cl.O=C(/C=C/c1ccc([N+](=O)[O-])cc1)N(CCCn1ccnc1)c1nc2c(Cl)cccc2s1. The molecule has 0 spiro atoms. The van der Waals surface area contributed by atoms with Crippen LogP contribution < -0.4 is 4.90 Å². The number of carbonyl (C=O) groups is 1. The Hall–Kier alpha value is -3.27. The first-order valence-electron chi connectivity index (χ1n) is 9.76. The van der Waals surface area contributed by atoms with Gasteiger partial charge in [-0.1, -0.05) is 29.0 Å². The van der Waals surface area contributed by atoms with E-state index in [1.807, 2.05) is 22.9 Å². The number of halogens is 2. The van der Waals surface area contributed by atoms with Gasteiger partial charge in [0.15, 0.2) is 5.13 Å². The monoisotopic (exact) mass is 503 g/mol. The Morgan fingerprint density at radius 2 is 2.03 bits per heavy atom. The molecule has 11 heteroatoms. The highest BCUT2D eigenvalue weighted by atomic mass is 35.5. The van der Waals surface area contributed by atoms with Crippen LogP contribution in [0.2, 0.25) is 5.02 Å². The molecule has 0 aliphatic carbocycles. The van der Waals surface area contributed by atoms with Crippen LogP contribution in [0.15, 0.2) is 67.3 Å². The maximum atomic E-state index is 13.1. The van der Waals surface area contributed by atoms with Crippen LogP contribution in [0, 0.1) is 10.1 Å². The van der Waals surface area contributed by atoms with Crippen molar-refractivity contribution in [3.05, 3.63) is 88.0 Å². The first-order valence-corrected chi connectivity index (χ1v) is 11.0. The molecule has 0 unspecified atom stereocenters. The number of aryl methyl sites for hydroxylation is 1. The fourth-order valence-electron chi connectivity index (χ4n) is 3.11. The molecular weight excluding hydrogens is 485 g/mol. The number of nitro groups is 1. The number of carbonyl (C=O) groups excluding carboxylic acids is 1. The average molecular weight is 504 g/mol. The number of hydrogen-bond donors (Lipinski definition) is 0. The normalized spacial score (nSPS) is 10.9. The first-order chi connectivity index (χ1) is 15.5. The summed E-state index contributed by atoms with van der Waals surface area (Å²) in [6.07, 6.45) is 9.11. The number of benzene rings is 2. The lowest BCUT2D eigenvalue weighted by atomic mass is 10.2. The number of imidazole rings is 1. The zero-order chi connectivity index (χ0) is 22.5. The maximum absolute atomic E-state index is 13.1.